The van der Waals surface area contributed by atoms with E-state index in [1.54, 1.807) is 39.9 Å². The van der Waals surface area contributed by atoms with Crippen LogP contribution in [0.3, 0.4) is 0 Å². The molecule has 5 aromatic heterocycles. The van der Waals surface area contributed by atoms with E-state index in [1.165, 1.54) is 0 Å². The fourth-order valence-corrected chi connectivity index (χ4v) is 4.13. The first kappa shape index (κ1) is 18.5. The molecule has 1 unspecified atom stereocenters. The number of H-pyrrole nitrogens is 1. The van der Waals surface area contributed by atoms with Gasteiger partial charge < -0.3 is 14.3 Å². The molecule has 0 saturated carbocycles. The number of aromatic nitrogens is 8. The standard InChI is InChI=1S/C21H19N9O2/c1-12-3-6-30-14(7-12)8-16(27-30)18-17-15(22-11-23-17)4-5-29(18)21(31)20-26-25-19(32-20)13-9-24-28(2)10-13/h3,6-11,18H,4-5H2,1-2H3,(H,22,23). The lowest BCUT2D eigenvalue weighted by molar-refractivity contribution is 0.0646. The summed E-state index contributed by atoms with van der Waals surface area (Å²) in [6.07, 6.45) is 7.57. The lowest BCUT2D eigenvalue weighted by atomic mass is 9.99. The normalized spacial score (nSPS) is 15.9. The maximum atomic E-state index is 13.5. The molecular formula is C21H19N9O2. The number of aromatic amines is 1. The van der Waals surface area contributed by atoms with Crippen molar-refractivity contribution in [2.24, 2.45) is 7.05 Å². The van der Waals surface area contributed by atoms with E-state index in [4.69, 9.17) is 9.52 Å². The first-order valence-corrected chi connectivity index (χ1v) is 10.2. The SMILES string of the molecule is Cc1ccn2nc(C3c4nc[nH]c4CCN3C(=O)c3nnc(-c4cnn(C)c4)o3)cc2c1. The van der Waals surface area contributed by atoms with E-state index in [9.17, 15) is 4.79 Å². The topological polar surface area (TPSA) is 123 Å². The number of imidazole rings is 1. The molecular weight excluding hydrogens is 410 g/mol. The molecule has 5 aromatic rings. The Hall–Kier alpha value is -4.28. The Morgan fingerprint density at radius 2 is 2.19 bits per heavy atom. The van der Waals surface area contributed by atoms with Crippen molar-refractivity contribution in [1.82, 2.24) is 44.5 Å². The van der Waals surface area contributed by atoms with E-state index in [0.717, 1.165) is 28.2 Å². The minimum atomic E-state index is -0.466. The van der Waals surface area contributed by atoms with Gasteiger partial charge in [0, 0.05) is 38.1 Å². The number of hydrogen-bond donors (Lipinski definition) is 1. The predicted octanol–water partition coefficient (Wildman–Crippen LogP) is 1.94. The number of fused-ring (bicyclic) bond motifs is 2. The summed E-state index contributed by atoms with van der Waals surface area (Å²) in [6, 6.07) is 5.56. The van der Waals surface area contributed by atoms with Crippen LogP contribution in [0.5, 0.6) is 0 Å². The van der Waals surface area contributed by atoms with Crippen molar-refractivity contribution in [3.63, 3.8) is 0 Å². The minimum Gasteiger partial charge on any atom is -0.412 e. The smallest absolute Gasteiger partial charge is 0.312 e. The highest BCUT2D eigenvalue weighted by Crippen LogP contribution is 2.34. The predicted molar refractivity (Wildman–Crippen MR) is 112 cm³/mol. The van der Waals surface area contributed by atoms with Crippen LogP contribution in [0.2, 0.25) is 0 Å². The second kappa shape index (κ2) is 6.87. The molecule has 1 aliphatic rings. The van der Waals surface area contributed by atoms with Gasteiger partial charge in [-0.05, 0) is 30.7 Å². The number of carbonyl (C=O) groups is 1. The number of amides is 1. The van der Waals surface area contributed by atoms with E-state index in [2.05, 4.69) is 31.3 Å². The van der Waals surface area contributed by atoms with Crippen LogP contribution in [-0.2, 0) is 13.5 Å². The molecule has 0 aromatic carbocycles. The van der Waals surface area contributed by atoms with Gasteiger partial charge in [0.05, 0.1) is 35.0 Å². The Balaban J connectivity index is 1.40. The van der Waals surface area contributed by atoms with Crippen LogP contribution in [-0.4, -0.2) is 56.9 Å². The van der Waals surface area contributed by atoms with Crippen LogP contribution in [0.15, 0.2) is 47.5 Å². The van der Waals surface area contributed by atoms with Crippen molar-refractivity contribution in [1.29, 1.82) is 0 Å². The maximum absolute atomic E-state index is 13.5. The number of aryl methyl sites for hydroxylation is 2. The maximum Gasteiger partial charge on any atom is 0.312 e. The molecule has 160 valence electrons. The molecule has 1 aliphatic heterocycles. The van der Waals surface area contributed by atoms with Crippen LogP contribution in [0.25, 0.3) is 17.0 Å². The summed E-state index contributed by atoms with van der Waals surface area (Å²) >= 11 is 0. The summed E-state index contributed by atoms with van der Waals surface area (Å²) in [4.78, 5) is 22.9. The Kier molecular flexibility index (Phi) is 3.97. The molecule has 6 rings (SSSR count). The first-order chi connectivity index (χ1) is 15.6. The molecule has 11 nitrogen and oxygen atoms in total. The van der Waals surface area contributed by atoms with Gasteiger partial charge in [-0.25, -0.2) is 9.50 Å². The van der Waals surface area contributed by atoms with Gasteiger partial charge in [0.2, 0.25) is 0 Å². The third-order valence-electron chi connectivity index (χ3n) is 5.66. The van der Waals surface area contributed by atoms with Crippen molar-refractivity contribution in [2.75, 3.05) is 6.54 Å². The summed E-state index contributed by atoms with van der Waals surface area (Å²) in [5.41, 5.74) is 5.23. The summed E-state index contributed by atoms with van der Waals surface area (Å²) in [5, 5.41) is 16.9. The van der Waals surface area contributed by atoms with Crippen LogP contribution in [0, 0.1) is 6.92 Å². The quantitative estimate of drug-likeness (QED) is 0.465. The summed E-state index contributed by atoms with van der Waals surface area (Å²) in [6.45, 7) is 2.50. The van der Waals surface area contributed by atoms with Gasteiger partial charge in [0.25, 0.3) is 5.89 Å². The summed E-state index contributed by atoms with van der Waals surface area (Å²) in [7, 11) is 1.79. The Bertz CT molecular complexity index is 1460. The van der Waals surface area contributed by atoms with Gasteiger partial charge in [-0.3, -0.25) is 9.48 Å². The third-order valence-corrected chi connectivity index (χ3v) is 5.66. The van der Waals surface area contributed by atoms with Crippen molar-refractivity contribution in [2.45, 2.75) is 19.4 Å². The molecule has 0 fully saturated rings. The van der Waals surface area contributed by atoms with Crippen LogP contribution in [0.1, 0.15) is 39.4 Å². The zero-order valence-electron chi connectivity index (χ0n) is 17.4. The number of nitrogens with zero attached hydrogens (tertiary/aromatic N) is 8. The highest BCUT2D eigenvalue weighted by Gasteiger charge is 2.38. The Labute approximate surface area is 181 Å². The summed E-state index contributed by atoms with van der Waals surface area (Å²) < 4.78 is 9.14. The second-order valence-corrected chi connectivity index (χ2v) is 7.88. The van der Waals surface area contributed by atoms with Gasteiger partial charge in [-0.2, -0.15) is 10.2 Å². The molecule has 1 atom stereocenters. The Morgan fingerprint density at radius 3 is 3.03 bits per heavy atom. The number of pyridine rings is 1. The second-order valence-electron chi connectivity index (χ2n) is 7.88. The zero-order chi connectivity index (χ0) is 21.8. The fourth-order valence-electron chi connectivity index (χ4n) is 4.13. The highest BCUT2D eigenvalue weighted by atomic mass is 16.4. The number of hydrogen-bond acceptors (Lipinski definition) is 7. The Morgan fingerprint density at radius 1 is 1.28 bits per heavy atom. The van der Waals surface area contributed by atoms with Gasteiger partial charge in [0.15, 0.2) is 0 Å². The lowest BCUT2D eigenvalue weighted by Gasteiger charge is -2.32. The van der Waals surface area contributed by atoms with Crippen molar-refractivity contribution < 1.29 is 9.21 Å². The molecule has 11 heteroatoms. The molecule has 0 spiro atoms. The van der Waals surface area contributed by atoms with Crippen LogP contribution < -0.4 is 0 Å². The monoisotopic (exact) mass is 429 g/mol. The molecule has 1 amide bonds. The van der Waals surface area contributed by atoms with Gasteiger partial charge in [-0.15, -0.1) is 10.2 Å². The van der Waals surface area contributed by atoms with Crippen molar-refractivity contribution >= 4 is 11.4 Å². The molecule has 32 heavy (non-hydrogen) atoms. The average molecular weight is 429 g/mol. The molecule has 6 heterocycles. The summed E-state index contributed by atoms with van der Waals surface area (Å²) in [5.74, 6) is -0.189. The minimum absolute atomic E-state index is 0.0764. The molecule has 1 N–H and O–H groups in total. The van der Waals surface area contributed by atoms with Crippen molar-refractivity contribution in [3.05, 3.63) is 71.7 Å². The number of nitrogens with one attached hydrogen (secondary N) is 1. The van der Waals surface area contributed by atoms with E-state index < -0.39 is 6.04 Å². The fraction of sp³-hybridized carbons (Fsp3) is 0.238. The number of carbonyl (C=O) groups excluding carboxylic acids is 1. The molecule has 0 saturated heterocycles. The number of rotatable bonds is 3. The average Bonchev–Trinajstić information content (AvgIpc) is 3.57. The first-order valence-electron chi connectivity index (χ1n) is 10.2. The van der Waals surface area contributed by atoms with Crippen LogP contribution in [0.4, 0.5) is 0 Å². The van der Waals surface area contributed by atoms with Crippen LogP contribution >= 0.6 is 0 Å². The van der Waals surface area contributed by atoms with Crippen molar-refractivity contribution in [3.8, 4) is 11.5 Å². The third kappa shape index (κ3) is 2.89. The molecule has 0 radical (unpaired) electrons. The van der Waals surface area contributed by atoms with Gasteiger partial charge in [-0.1, -0.05) is 0 Å². The highest BCUT2D eigenvalue weighted by molar-refractivity contribution is 5.90. The van der Waals surface area contributed by atoms with E-state index >= 15 is 0 Å². The van der Waals surface area contributed by atoms with E-state index in [1.807, 2.05) is 25.3 Å². The zero-order valence-corrected chi connectivity index (χ0v) is 17.4. The van der Waals surface area contributed by atoms with E-state index in [0.29, 0.717) is 18.5 Å². The lowest BCUT2D eigenvalue weighted by Crippen LogP contribution is -2.41. The van der Waals surface area contributed by atoms with Gasteiger partial charge >= 0.3 is 11.8 Å². The molecule has 0 bridgehead atoms. The largest absolute Gasteiger partial charge is 0.412 e. The van der Waals surface area contributed by atoms with E-state index in [-0.39, 0.29) is 17.7 Å². The van der Waals surface area contributed by atoms with Gasteiger partial charge in [0.1, 0.15) is 6.04 Å². The molecule has 0 aliphatic carbocycles.